The Morgan fingerprint density at radius 3 is 1.18 bits per heavy atom. The third-order valence-corrected chi connectivity index (χ3v) is 9.72. The van der Waals surface area contributed by atoms with Crippen molar-refractivity contribution in [2.24, 2.45) is 0 Å². The SMILES string of the molecule is c1ccc(-c2nc(-c3ccc4c(c3)c3ccccc3n4-c3ccccc3)cc(-c3ccc4c(c3)c3ccccc3n4-c3ccccc3)n2)cc1. The second-order valence-electron chi connectivity index (χ2n) is 12.7. The lowest BCUT2D eigenvalue weighted by Crippen LogP contribution is -1.96. The average Bonchev–Trinajstić information content (AvgIpc) is 3.71. The first kappa shape index (κ1) is 28.3. The molecule has 0 bridgehead atoms. The summed E-state index contributed by atoms with van der Waals surface area (Å²) in [4.78, 5) is 10.4. The number of aromatic nitrogens is 4. The molecule has 4 heteroatoms. The van der Waals surface area contributed by atoms with Crippen LogP contribution >= 0.6 is 0 Å². The van der Waals surface area contributed by atoms with Crippen LogP contribution in [0, 0.1) is 0 Å². The summed E-state index contributed by atoms with van der Waals surface area (Å²) in [6.45, 7) is 0. The normalized spacial score (nSPS) is 11.6. The van der Waals surface area contributed by atoms with Gasteiger partial charge in [0.25, 0.3) is 0 Å². The molecule has 0 aliphatic carbocycles. The van der Waals surface area contributed by atoms with Crippen LogP contribution in [0.25, 0.3) is 88.9 Å². The fourth-order valence-corrected chi connectivity index (χ4v) is 7.43. The zero-order valence-corrected chi connectivity index (χ0v) is 27.1. The highest BCUT2D eigenvalue weighted by atomic mass is 15.0. The molecule has 0 saturated carbocycles. The average molecular weight is 639 g/mol. The highest BCUT2D eigenvalue weighted by Crippen LogP contribution is 2.38. The van der Waals surface area contributed by atoms with Gasteiger partial charge in [-0.15, -0.1) is 0 Å². The number of hydrogen-bond acceptors (Lipinski definition) is 2. The van der Waals surface area contributed by atoms with Crippen molar-refractivity contribution in [3.05, 3.63) is 182 Å². The van der Waals surface area contributed by atoms with E-state index in [0.717, 1.165) is 39.5 Å². The molecule has 0 aliphatic rings. The zero-order chi connectivity index (χ0) is 33.0. The van der Waals surface area contributed by atoms with E-state index < -0.39 is 0 Å². The van der Waals surface area contributed by atoms with Gasteiger partial charge in [0.05, 0.1) is 33.5 Å². The highest BCUT2D eigenvalue weighted by molar-refractivity contribution is 6.11. The van der Waals surface area contributed by atoms with Gasteiger partial charge in [-0.1, -0.05) is 115 Å². The molecule has 0 fully saturated rings. The van der Waals surface area contributed by atoms with Crippen molar-refractivity contribution in [2.75, 3.05) is 0 Å². The van der Waals surface area contributed by atoms with Crippen molar-refractivity contribution >= 4 is 43.6 Å². The predicted octanol–water partition coefficient (Wildman–Crippen LogP) is 11.7. The minimum absolute atomic E-state index is 0.705. The van der Waals surface area contributed by atoms with Gasteiger partial charge in [0.15, 0.2) is 5.82 Å². The summed E-state index contributed by atoms with van der Waals surface area (Å²) >= 11 is 0. The molecule has 10 rings (SSSR count). The second-order valence-corrected chi connectivity index (χ2v) is 12.7. The molecule has 0 saturated heterocycles. The molecule has 0 atom stereocenters. The zero-order valence-electron chi connectivity index (χ0n) is 27.1. The molecule has 0 radical (unpaired) electrons. The topological polar surface area (TPSA) is 35.6 Å². The molecule has 0 N–H and O–H groups in total. The van der Waals surface area contributed by atoms with Gasteiger partial charge < -0.3 is 9.13 Å². The lowest BCUT2D eigenvalue weighted by molar-refractivity contribution is 1.17. The molecule has 0 amide bonds. The van der Waals surface area contributed by atoms with E-state index in [-0.39, 0.29) is 0 Å². The Balaban J connectivity index is 1.18. The summed E-state index contributed by atoms with van der Waals surface area (Å²) in [5.41, 5.74) is 11.9. The molecule has 0 aliphatic heterocycles. The molecule has 3 heterocycles. The predicted molar refractivity (Wildman–Crippen MR) is 207 cm³/mol. The quantitative estimate of drug-likeness (QED) is 0.188. The first-order valence-corrected chi connectivity index (χ1v) is 16.9. The molecule has 0 spiro atoms. The fourth-order valence-electron chi connectivity index (χ4n) is 7.43. The first-order chi connectivity index (χ1) is 24.8. The van der Waals surface area contributed by atoms with Gasteiger partial charge in [-0.2, -0.15) is 0 Å². The molecular weight excluding hydrogens is 609 g/mol. The Labute approximate surface area is 289 Å². The number of fused-ring (bicyclic) bond motifs is 6. The molecule has 7 aromatic carbocycles. The molecule has 50 heavy (non-hydrogen) atoms. The largest absolute Gasteiger partial charge is 0.309 e. The maximum atomic E-state index is 5.19. The minimum Gasteiger partial charge on any atom is -0.309 e. The van der Waals surface area contributed by atoms with E-state index >= 15 is 0 Å². The van der Waals surface area contributed by atoms with Gasteiger partial charge in [0.1, 0.15) is 0 Å². The van der Waals surface area contributed by atoms with E-state index in [0.29, 0.717) is 5.82 Å². The lowest BCUT2D eigenvalue weighted by atomic mass is 10.0. The van der Waals surface area contributed by atoms with Gasteiger partial charge in [-0.25, -0.2) is 9.97 Å². The third kappa shape index (κ3) is 4.54. The number of hydrogen-bond donors (Lipinski definition) is 0. The van der Waals surface area contributed by atoms with Gasteiger partial charge in [0, 0.05) is 49.6 Å². The van der Waals surface area contributed by atoms with E-state index in [1.165, 1.54) is 43.6 Å². The Hall–Kier alpha value is -6.78. The first-order valence-electron chi connectivity index (χ1n) is 16.9. The van der Waals surface area contributed by atoms with Gasteiger partial charge in [-0.05, 0) is 66.7 Å². The van der Waals surface area contributed by atoms with Crippen molar-refractivity contribution in [3.63, 3.8) is 0 Å². The van der Waals surface area contributed by atoms with Gasteiger partial charge in [0.2, 0.25) is 0 Å². The minimum atomic E-state index is 0.705. The molecular formula is C46H30N4. The summed E-state index contributed by atoms with van der Waals surface area (Å²) in [6, 6.07) is 64.2. The van der Waals surface area contributed by atoms with Crippen LogP contribution < -0.4 is 0 Å². The Morgan fingerprint density at radius 2 is 0.700 bits per heavy atom. The molecule has 4 nitrogen and oxygen atoms in total. The summed E-state index contributed by atoms with van der Waals surface area (Å²) in [6.07, 6.45) is 0. The molecule has 10 aromatic rings. The van der Waals surface area contributed by atoms with Crippen molar-refractivity contribution in [1.29, 1.82) is 0 Å². The van der Waals surface area contributed by atoms with E-state index in [1.54, 1.807) is 0 Å². The van der Waals surface area contributed by atoms with Crippen LogP contribution in [0.2, 0.25) is 0 Å². The number of para-hydroxylation sites is 4. The molecule has 3 aromatic heterocycles. The third-order valence-electron chi connectivity index (χ3n) is 9.72. The second kappa shape index (κ2) is 11.4. The number of rotatable bonds is 5. The van der Waals surface area contributed by atoms with Crippen LogP contribution in [0.3, 0.4) is 0 Å². The van der Waals surface area contributed by atoms with Crippen molar-refractivity contribution in [1.82, 2.24) is 19.1 Å². The van der Waals surface area contributed by atoms with Crippen LogP contribution in [0.4, 0.5) is 0 Å². The highest BCUT2D eigenvalue weighted by Gasteiger charge is 2.17. The maximum absolute atomic E-state index is 5.19. The molecule has 234 valence electrons. The maximum Gasteiger partial charge on any atom is 0.160 e. The Kier molecular flexibility index (Phi) is 6.46. The standard InChI is InChI=1S/C46H30N4/c1-4-14-31(15-5-1)46-47-40(32-24-26-44-38(28-32)36-20-10-12-22-42(36)49(44)34-16-6-2-7-17-34)30-41(48-46)33-25-27-45-39(29-33)37-21-11-13-23-43(37)50(45)35-18-8-3-9-19-35/h1-30H. The van der Waals surface area contributed by atoms with E-state index in [1.807, 2.05) is 18.2 Å². The Morgan fingerprint density at radius 1 is 0.300 bits per heavy atom. The van der Waals surface area contributed by atoms with Crippen LogP contribution in [0.1, 0.15) is 0 Å². The van der Waals surface area contributed by atoms with Crippen LogP contribution in [0.15, 0.2) is 182 Å². The van der Waals surface area contributed by atoms with Crippen LogP contribution in [-0.2, 0) is 0 Å². The van der Waals surface area contributed by atoms with Crippen LogP contribution in [-0.4, -0.2) is 19.1 Å². The fraction of sp³-hybridized carbons (Fsp3) is 0. The molecule has 0 unspecified atom stereocenters. The van der Waals surface area contributed by atoms with Crippen molar-refractivity contribution < 1.29 is 0 Å². The van der Waals surface area contributed by atoms with Crippen LogP contribution in [0.5, 0.6) is 0 Å². The summed E-state index contributed by atoms with van der Waals surface area (Å²) in [5.74, 6) is 0.705. The Bertz CT molecular complexity index is 2670. The van der Waals surface area contributed by atoms with Crippen molar-refractivity contribution in [3.8, 4) is 45.3 Å². The van der Waals surface area contributed by atoms with E-state index in [9.17, 15) is 0 Å². The van der Waals surface area contributed by atoms with Gasteiger partial charge >= 0.3 is 0 Å². The monoisotopic (exact) mass is 638 g/mol. The van der Waals surface area contributed by atoms with E-state index in [2.05, 4.69) is 173 Å². The summed E-state index contributed by atoms with van der Waals surface area (Å²) in [7, 11) is 0. The van der Waals surface area contributed by atoms with Gasteiger partial charge in [-0.3, -0.25) is 0 Å². The number of benzene rings is 7. The number of nitrogens with zero attached hydrogens (tertiary/aromatic N) is 4. The summed E-state index contributed by atoms with van der Waals surface area (Å²) < 4.78 is 4.69. The summed E-state index contributed by atoms with van der Waals surface area (Å²) in [5, 5.41) is 4.81. The smallest absolute Gasteiger partial charge is 0.160 e. The van der Waals surface area contributed by atoms with Crippen molar-refractivity contribution in [2.45, 2.75) is 0 Å². The lowest BCUT2D eigenvalue weighted by Gasteiger charge is -2.11. The van der Waals surface area contributed by atoms with E-state index in [4.69, 9.17) is 9.97 Å².